The van der Waals surface area contributed by atoms with Crippen LogP contribution in [-0.4, -0.2) is 23.4 Å². The number of hydrogen-bond acceptors (Lipinski definition) is 2. The Labute approximate surface area is 250 Å². The molecule has 0 heterocycles. The Morgan fingerprint density at radius 1 is 0.528 bits per heavy atom. The van der Waals surface area contributed by atoms with Crippen molar-refractivity contribution in [3.8, 4) is 0 Å². The van der Waals surface area contributed by atoms with Crippen LogP contribution in [-0.2, 0) is 26.2 Å². The van der Waals surface area contributed by atoms with E-state index in [9.17, 15) is 10.2 Å². The predicted molar refractivity (Wildman–Crippen MR) is 134 cm³/mol. The molecule has 10 unspecified atom stereocenters. The van der Waals surface area contributed by atoms with Crippen molar-refractivity contribution in [3.05, 3.63) is 48.6 Å². The van der Waals surface area contributed by atoms with Crippen molar-refractivity contribution in [2.24, 2.45) is 64.6 Å². The average molecular weight is 611 g/mol. The number of rotatable bonds is 6. The van der Waals surface area contributed by atoms with Gasteiger partial charge in [-0.25, -0.2) is 0 Å². The predicted octanol–water partition coefficient (Wildman–Crippen LogP) is 0.332. The molecule has 0 radical (unpaired) electrons. The quantitative estimate of drug-likeness (QED) is 0.456. The van der Waals surface area contributed by atoms with E-state index in [-0.39, 0.29) is 69.6 Å². The van der Waals surface area contributed by atoms with Crippen LogP contribution in [0, 0.1) is 64.6 Å². The summed E-state index contributed by atoms with van der Waals surface area (Å²) in [5.41, 5.74) is 0.0356. The number of halogens is 2. The van der Waals surface area contributed by atoms with E-state index in [0.29, 0.717) is 35.5 Å². The molecule has 6 aliphatic rings. The zero-order valence-corrected chi connectivity index (χ0v) is 25.5. The molecular weight excluding hydrogens is 566 g/mol. The first kappa shape index (κ1) is 30.9. The van der Waals surface area contributed by atoms with Gasteiger partial charge in [-0.15, -0.1) is 0 Å². The maximum atomic E-state index is 10.6. The topological polar surface area (TPSA) is 40.5 Å². The Kier molecular flexibility index (Phi) is 11.3. The Bertz CT molecular complexity index is 770. The second kappa shape index (κ2) is 13.1. The van der Waals surface area contributed by atoms with Gasteiger partial charge in [0.15, 0.2) is 0 Å². The molecule has 0 aromatic rings. The monoisotopic (exact) mass is 608 g/mol. The second-order valence-electron chi connectivity index (χ2n) is 12.3. The SMILES string of the molecule is OCCC(CCO)(C1C2C=CC=CC2C2CCCCC21)C1C2C=CC=CC2C2CCCCC21.[Cl-].[Cl-].[Zr+2]. The Morgan fingerprint density at radius 2 is 0.861 bits per heavy atom. The van der Waals surface area contributed by atoms with Gasteiger partial charge in [-0.05, 0) is 103 Å². The number of hydrogen-bond donors (Lipinski definition) is 2. The number of aliphatic hydroxyl groups is 2. The third-order valence-electron chi connectivity index (χ3n) is 11.4. The fraction of sp³-hybridized carbons (Fsp3) is 0.742. The van der Waals surface area contributed by atoms with Gasteiger partial charge in [-0.2, -0.15) is 0 Å². The van der Waals surface area contributed by atoms with Crippen LogP contribution in [0.5, 0.6) is 0 Å². The molecule has 2 nitrogen and oxygen atoms in total. The zero-order valence-electron chi connectivity index (χ0n) is 21.5. The molecule has 10 atom stereocenters. The standard InChI is InChI=1S/C31H44O2.2ClH.Zr/c32-19-17-31(18-20-33,29-25-13-5-1-9-21(25)22-10-2-6-14-26(22)29)30-27-15-7-3-11-23(27)24-12-4-8-16-28(24)30;;;/h1,3,5,7,9,11,13,15,21-30,32-33H,2,4,6,8,10,12,14,16-20H2;2*1H;/q;;;+2/p-2. The third-order valence-corrected chi connectivity index (χ3v) is 11.4. The van der Waals surface area contributed by atoms with Gasteiger partial charge in [-0.1, -0.05) is 74.3 Å². The van der Waals surface area contributed by atoms with Crippen LogP contribution in [0.3, 0.4) is 0 Å². The number of allylic oxidation sites excluding steroid dienone is 8. The summed E-state index contributed by atoms with van der Waals surface area (Å²) < 4.78 is 0. The van der Waals surface area contributed by atoms with E-state index in [4.69, 9.17) is 0 Å². The molecule has 4 saturated carbocycles. The zero-order chi connectivity index (χ0) is 22.4. The van der Waals surface area contributed by atoms with Gasteiger partial charge in [0, 0.05) is 13.2 Å². The van der Waals surface area contributed by atoms with Crippen molar-refractivity contribution in [1.82, 2.24) is 0 Å². The molecule has 36 heavy (non-hydrogen) atoms. The molecule has 6 rings (SSSR count). The summed E-state index contributed by atoms with van der Waals surface area (Å²) in [7, 11) is 0. The normalized spacial score (nSPS) is 41.7. The van der Waals surface area contributed by atoms with E-state index < -0.39 is 0 Å². The summed E-state index contributed by atoms with van der Waals surface area (Å²) >= 11 is 0. The Hall–Kier alpha value is 0.343. The molecule has 0 aromatic carbocycles. The Balaban J connectivity index is 0.00000120. The maximum absolute atomic E-state index is 10.6. The maximum Gasteiger partial charge on any atom is 2.00 e. The summed E-state index contributed by atoms with van der Waals surface area (Å²) in [5.74, 6) is 6.81. The summed E-state index contributed by atoms with van der Waals surface area (Å²) in [4.78, 5) is 0. The van der Waals surface area contributed by atoms with Crippen LogP contribution in [0.4, 0.5) is 0 Å². The molecule has 0 spiro atoms. The van der Waals surface area contributed by atoms with E-state index in [1.54, 1.807) is 0 Å². The first-order valence-corrected chi connectivity index (χ1v) is 14.2. The van der Waals surface area contributed by atoms with E-state index in [0.717, 1.165) is 36.5 Å². The minimum absolute atomic E-state index is 0. The molecule has 2 N–H and O–H groups in total. The molecule has 6 aliphatic carbocycles. The van der Waals surface area contributed by atoms with Crippen molar-refractivity contribution in [2.75, 3.05) is 13.2 Å². The van der Waals surface area contributed by atoms with Gasteiger partial charge >= 0.3 is 26.2 Å². The second-order valence-corrected chi connectivity index (χ2v) is 12.3. The van der Waals surface area contributed by atoms with Gasteiger partial charge in [0.2, 0.25) is 0 Å². The first-order valence-electron chi connectivity index (χ1n) is 14.2. The van der Waals surface area contributed by atoms with Gasteiger partial charge < -0.3 is 35.0 Å². The molecule has 198 valence electrons. The summed E-state index contributed by atoms with van der Waals surface area (Å²) in [6, 6.07) is 0. The van der Waals surface area contributed by atoms with Gasteiger partial charge in [0.05, 0.1) is 0 Å². The average Bonchev–Trinajstić information content (AvgIpc) is 3.38. The van der Waals surface area contributed by atoms with Gasteiger partial charge in [0.1, 0.15) is 0 Å². The molecule has 0 aromatic heterocycles. The number of aliphatic hydroxyl groups excluding tert-OH is 2. The molecule has 0 bridgehead atoms. The molecule has 4 fully saturated rings. The van der Waals surface area contributed by atoms with Crippen LogP contribution in [0.15, 0.2) is 48.6 Å². The van der Waals surface area contributed by atoms with Gasteiger partial charge in [0.25, 0.3) is 0 Å². The molecule has 5 heteroatoms. The minimum Gasteiger partial charge on any atom is -1.00 e. The van der Waals surface area contributed by atoms with Crippen LogP contribution in [0.2, 0.25) is 0 Å². The smallest absolute Gasteiger partial charge is 1.00 e. The fourth-order valence-electron chi connectivity index (χ4n) is 10.7. The summed E-state index contributed by atoms with van der Waals surface area (Å²) in [5, 5.41) is 21.2. The van der Waals surface area contributed by atoms with E-state index in [1.165, 1.54) is 51.4 Å². The van der Waals surface area contributed by atoms with E-state index in [2.05, 4.69) is 48.6 Å². The minimum atomic E-state index is 0. The van der Waals surface area contributed by atoms with E-state index in [1.807, 2.05) is 0 Å². The molecule has 0 aliphatic heterocycles. The van der Waals surface area contributed by atoms with Crippen LogP contribution >= 0.6 is 0 Å². The van der Waals surface area contributed by atoms with E-state index >= 15 is 0 Å². The van der Waals surface area contributed by atoms with Crippen molar-refractivity contribution in [3.63, 3.8) is 0 Å². The summed E-state index contributed by atoms with van der Waals surface area (Å²) in [6.07, 6.45) is 32.0. The van der Waals surface area contributed by atoms with Crippen molar-refractivity contribution < 1.29 is 61.2 Å². The molecular formula is C31H44Cl2O2Zr. The van der Waals surface area contributed by atoms with Crippen molar-refractivity contribution >= 4 is 0 Å². The summed E-state index contributed by atoms with van der Waals surface area (Å²) in [6.45, 7) is 0.519. The third kappa shape index (κ3) is 4.89. The largest absolute Gasteiger partial charge is 2.00 e. The van der Waals surface area contributed by atoms with Crippen LogP contribution < -0.4 is 24.8 Å². The number of fused-ring (bicyclic) bond motifs is 6. The fourth-order valence-corrected chi connectivity index (χ4v) is 10.7. The Morgan fingerprint density at radius 3 is 1.22 bits per heavy atom. The van der Waals surface area contributed by atoms with Crippen molar-refractivity contribution in [1.29, 1.82) is 0 Å². The molecule has 0 amide bonds. The van der Waals surface area contributed by atoms with Gasteiger partial charge in [-0.3, -0.25) is 0 Å². The van der Waals surface area contributed by atoms with Crippen LogP contribution in [0.1, 0.15) is 64.2 Å². The van der Waals surface area contributed by atoms with Crippen LogP contribution in [0.25, 0.3) is 0 Å². The molecule has 0 saturated heterocycles. The first-order chi connectivity index (χ1) is 16.3. The van der Waals surface area contributed by atoms with Crippen molar-refractivity contribution in [2.45, 2.75) is 64.2 Å².